The number of benzene rings is 1. The molecule has 1 aromatic carbocycles. The first kappa shape index (κ1) is 24.3. The molecule has 182 valence electrons. The van der Waals surface area contributed by atoms with Crippen LogP contribution in [-0.2, 0) is 11.3 Å². The lowest BCUT2D eigenvalue weighted by Crippen LogP contribution is -2.65. The van der Waals surface area contributed by atoms with Crippen molar-refractivity contribution in [2.75, 3.05) is 11.9 Å². The summed E-state index contributed by atoms with van der Waals surface area (Å²) in [6.45, 7) is 6.41. The fourth-order valence-electron chi connectivity index (χ4n) is 4.74. The summed E-state index contributed by atoms with van der Waals surface area (Å²) >= 11 is 6.25. The van der Waals surface area contributed by atoms with E-state index in [1.807, 2.05) is 19.9 Å². The minimum Gasteiger partial charge on any atom is -0.351 e. The Balaban J connectivity index is 1.60. The van der Waals surface area contributed by atoms with Crippen molar-refractivity contribution >= 4 is 35.0 Å². The molecule has 1 atom stereocenters. The molecule has 4 rings (SSSR count). The smallest absolute Gasteiger partial charge is 0.276 e. The highest BCUT2D eigenvalue weighted by Crippen LogP contribution is 2.30. The first-order valence-corrected chi connectivity index (χ1v) is 12.4. The van der Waals surface area contributed by atoms with Crippen LogP contribution >= 0.6 is 11.6 Å². The number of rotatable bonds is 7. The highest BCUT2D eigenvalue weighted by Gasteiger charge is 2.48. The number of aromatic nitrogens is 2. The van der Waals surface area contributed by atoms with Crippen LogP contribution in [0.15, 0.2) is 24.3 Å². The second kappa shape index (κ2) is 9.78. The summed E-state index contributed by atoms with van der Waals surface area (Å²) in [4.78, 5) is 41.5. The van der Waals surface area contributed by atoms with Crippen LogP contribution in [0.25, 0.3) is 0 Å². The molecule has 8 nitrogen and oxygen atoms in total. The number of amides is 3. The first-order chi connectivity index (χ1) is 16.2. The summed E-state index contributed by atoms with van der Waals surface area (Å²) in [5, 5.41) is 10.7. The van der Waals surface area contributed by atoms with E-state index in [-0.39, 0.29) is 30.1 Å². The van der Waals surface area contributed by atoms with Gasteiger partial charge >= 0.3 is 0 Å². The van der Waals surface area contributed by atoms with Crippen molar-refractivity contribution in [1.82, 2.24) is 20.0 Å². The fourth-order valence-corrected chi connectivity index (χ4v) is 5.02. The number of hydrogen-bond acceptors (Lipinski definition) is 4. The monoisotopic (exact) mass is 485 g/mol. The van der Waals surface area contributed by atoms with Crippen molar-refractivity contribution in [1.29, 1.82) is 0 Å². The summed E-state index contributed by atoms with van der Waals surface area (Å²) in [5.41, 5.74) is 0.786. The van der Waals surface area contributed by atoms with Crippen LogP contribution in [0, 0.1) is 6.92 Å². The molecule has 9 heteroatoms. The Morgan fingerprint density at radius 2 is 1.97 bits per heavy atom. The molecule has 34 heavy (non-hydrogen) atoms. The number of carbonyl (C=O) groups is 3. The quantitative estimate of drug-likeness (QED) is 0.615. The van der Waals surface area contributed by atoms with Gasteiger partial charge in [-0.15, -0.1) is 0 Å². The molecular weight excluding hydrogens is 454 g/mol. The van der Waals surface area contributed by atoms with Gasteiger partial charge in [-0.2, -0.15) is 5.10 Å². The summed E-state index contributed by atoms with van der Waals surface area (Å²) in [6, 6.07) is 6.98. The molecule has 0 spiro atoms. The molecule has 1 aliphatic heterocycles. The molecule has 1 saturated carbocycles. The van der Waals surface area contributed by atoms with Crippen molar-refractivity contribution in [3.05, 3.63) is 46.2 Å². The summed E-state index contributed by atoms with van der Waals surface area (Å²) in [5.74, 6) is -0.913. The third-order valence-electron chi connectivity index (χ3n) is 6.82. The van der Waals surface area contributed by atoms with Crippen molar-refractivity contribution in [3.63, 3.8) is 0 Å². The van der Waals surface area contributed by atoms with Crippen molar-refractivity contribution in [3.8, 4) is 0 Å². The van der Waals surface area contributed by atoms with Crippen LogP contribution in [-0.4, -0.2) is 50.5 Å². The molecule has 1 fully saturated rings. The van der Waals surface area contributed by atoms with E-state index in [2.05, 4.69) is 15.7 Å². The second-order valence-electron chi connectivity index (χ2n) is 9.55. The highest BCUT2D eigenvalue weighted by atomic mass is 35.5. The van der Waals surface area contributed by atoms with Crippen molar-refractivity contribution in [2.45, 2.75) is 77.4 Å². The molecular formula is C25H32ClN5O3. The predicted octanol–water partition coefficient (Wildman–Crippen LogP) is 4.17. The van der Waals surface area contributed by atoms with Crippen LogP contribution in [0.1, 0.15) is 78.9 Å². The molecule has 0 radical (unpaired) electrons. The van der Waals surface area contributed by atoms with E-state index in [4.69, 9.17) is 11.6 Å². The Labute approximate surface area is 205 Å². The van der Waals surface area contributed by atoms with Gasteiger partial charge in [0.1, 0.15) is 11.2 Å². The number of carbonyl (C=O) groups excluding carboxylic acids is 3. The van der Waals surface area contributed by atoms with Gasteiger partial charge in [-0.25, -0.2) is 0 Å². The van der Waals surface area contributed by atoms with E-state index in [1.54, 1.807) is 24.0 Å². The van der Waals surface area contributed by atoms with Gasteiger partial charge in [0.25, 0.3) is 11.8 Å². The molecule has 1 aliphatic carbocycles. The molecule has 0 saturated heterocycles. The van der Waals surface area contributed by atoms with Crippen LogP contribution in [0.2, 0.25) is 5.02 Å². The SMILES string of the molecule is CCCCN1C(=O)c2cc(C(=O)Nc3ccc(C)cc3Cl)nn2C[C@]1(C)C(=O)NC1CCCC1. The number of aryl methyl sites for hydroxylation is 1. The summed E-state index contributed by atoms with van der Waals surface area (Å²) < 4.78 is 1.49. The lowest BCUT2D eigenvalue weighted by atomic mass is 9.94. The number of halogens is 1. The number of nitrogens with zero attached hydrogens (tertiary/aromatic N) is 3. The van der Waals surface area contributed by atoms with E-state index in [1.165, 1.54) is 10.7 Å². The topological polar surface area (TPSA) is 96.3 Å². The average molecular weight is 486 g/mol. The van der Waals surface area contributed by atoms with Gasteiger partial charge in [0, 0.05) is 18.7 Å². The molecule has 2 aliphatic rings. The van der Waals surface area contributed by atoms with Crippen LogP contribution < -0.4 is 10.6 Å². The standard InChI is InChI=1S/C25H32ClN5O3/c1-4-5-12-30-23(33)21-14-20(22(32)28-19-11-10-16(2)13-18(19)26)29-31(21)15-25(30,3)24(34)27-17-8-6-7-9-17/h10-11,13-14,17H,4-9,12,15H2,1-3H3,(H,27,34)(H,28,32)/t25-/m1/s1. The summed E-state index contributed by atoms with van der Waals surface area (Å²) in [6.07, 6.45) is 5.81. The summed E-state index contributed by atoms with van der Waals surface area (Å²) in [7, 11) is 0. The van der Waals surface area contributed by atoms with E-state index in [9.17, 15) is 14.4 Å². The second-order valence-corrected chi connectivity index (χ2v) is 9.96. The van der Waals surface area contributed by atoms with Gasteiger partial charge in [-0.1, -0.05) is 43.9 Å². The zero-order valence-corrected chi connectivity index (χ0v) is 20.7. The molecule has 1 aromatic heterocycles. The maximum absolute atomic E-state index is 13.5. The minimum absolute atomic E-state index is 0.107. The Bertz CT molecular complexity index is 1110. The maximum Gasteiger partial charge on any atom is 0.276 e. The van der Waals surface area contributed by atoms with Gasteiger partial charge in [0.05, 0.1) is 17.3 Å². The molecule has 2 aromatic rings. The normalized spacial score (nSPS) is 20.4. The predicted molar refractivity (Wildman–Crippen MR) is 131 cm³/mol. The molecule has 0 bridgehead atoms. The number of nitrogens with one attached hydrogen (secondary N) is 2. The maximum atomic E-state index is 13.5. The third-order valence-corrected chi connectivity index (χ3v) is 7.13. The average Bonchev–Trinajstić information content (AvgIpc) is 3.45. The lowest BCUT2D eigenvalue weighted by molar-refractivity contribution is -0.133. The Kier molecular flexibility index (Phi) is 6.98. The van der Waals surface area contributed by atoms with Gasteiger partial charge in [0.2, 0.25) is 5.91 Å². The van der Waals surface area contributed by atoms with Gasteiger partial charge in [-0.3, -0.25) is 19.1 Å². The van der Waals surface area contributed by atoms with Crippen molar-refractivity contribution in [2.24, 2.45) is 0 Å². The lowest BCUT2D eigenvalue weighted by Gasteiger charge is -2.43. The molecule has 3 amide bonds. The van der Waals surface area contributed by atoms with Gasteiger partial charge < -0.3 is 15.5 Å². The van der Waals surface area contributed by atoms with E-state index < -0.39 is 11.4 Å². The Morgan fingerprint density at radius 1 is 1.24 bits per heavy atom. The largest absolute Gasteiger partial charge is 0.351 e. The van der Waals surface area contributed by atoms with E-state index in [0.717, 1.165) is 44.1 Å². The number of anilines is 1. The fraction of sp³-hybridized carbons (Fsp3) is 0.520. The van der Waals surface area contributed by atoms with E-state index >= 15 is 0 Å². The number of fused-ring (bicyclic) bond motifs is 1. The molecule has 2 heterocycles. The van der Waals surface area contributed by atoms with Crippen LogP contribution in [0.3, 0.4) is 0 Å². The van der Waals surface area contributed by atoms with Crippen LogP contribution in [0.4, 0.5) is 5.69 Å². The molecule has 2 N–H and O–H groups in total. The molecule has 0 unspecified atom stereocenters. The zero-order valence-electron chi connectivity index (χ0n) is 20.0. The number of unbranched alkanes of at least 4 members (excludes halogenated alkanes) is 1. The van der Waals surface area contributed by atoms with E-state index in [0.29, 0.717) is 22.9 Å². The van der Waals surface area contributed by atoms with Gasteiger partial charge in [0.15, 0.2) is 5.69 Å². The van der Waals surface area contributed by atoms with Crippen molar-refractivity contribution < 1.29 is 14.4 Å². The van der Waals surface area contributed by atoms with Gasteiger partial charge in [-0.05, 0) is 50.8 Å². The zero-order chi connectivity index (χ0) is 24.5. The Morgan fingerprint density at radius 3 is 2.65 bits per heavy atom. The number of hydrogen-bond donors (Lipinski definition) is 2. The minimum atomic E-state index is -1.08. The third kappa shape index (κ3) is 4.69. The first-order valence-electron chi connectivity index (χ1n) is 12.0. The highest BCUT2D eigenvalue weighted by molar-refractivity contribution is 6.34. The Hall–Kier alpha value is -2.87. The van der Waals surface area contributed by atoms with Crippen LogP contribution in [0.5, 0.6) is 0 Å².